The predicted molar refractivity (Wildman–Crippen MR) is 132 cm³/mol. The van der Waals surface area contributed by atoms with Gasteiger partial charge in [0.1, 0.15) is 28.8 Å². The van der Waals surface area contributed by atoms with Gasteiger partial charge in [0.25, 0.3) is 5.91 Å². The molecule has 9 nitrogen and oxygen atoms in total. The standard InChI is InChI=1S/C26H23F4N5O4/c1-12(31)22-21(24(37)34-19(23(36)32-2)13-4-6-14(27)7-5-13)35-25(39-22)16-8-10-17(38-3)20-15(16)9-11-18(33-20)26(28,29)30/h4-12,19H,31H2,1-3H3,(H,32,36)(H,34,37)/t12-,19-/m0/s1. The summed E-state index contributed by atoms with van der Waals surface area (Å²) in [6.45, 7) is 1.54. The molecule has 0 saturated carbocycles. The van der Waals surface area contributed by atoms with E-state index in [2.05, 4.69) is 20.6 Å². The summed E-state index contributed by atoms with van der Waals surface area (Å²) in [5, 5.41) is 5.21. The van der Waals surface area contributed by atoms with Crippen molar-refractivity contribution in [3.63, 3.8) is 0 Å². The van der Waals surface area contributed by atoms with E-state index < -0.39 is 41.6 Å². The van der Waals surface area contributed by atoms with Crippen LogP contribution in [-0.4, -0.2) is 35.9 Å². The highest BCUT2D eigenvalue weighted by molar-refractivity contribution is 5.99. The molecule has 0 spiro atoms. The molecule has 0 unspecified atom stereocenters. The number of fused-ring (bicyclic) bond motifs is 1. The fourth-order valence-corrected chi connectivity index (χ4v) is 3.92. The topological polar surface area (TPSA) is 132 Å². The van der Waals surface area contributed by atoms with Crippen LogP contribution in [0.15, 0.2) is 52.9 Å². The second kappa shape index (κ2) is 10.7. The fraction of sp³-hybridized carbons (Fsp3) is 0.231. The monoisotopic (exact) mass is 545 g/mol. The summed E-state index contributed by atoms with van der Waals surface area (Å²) in [5.41, 5.74) is 5.12. The molecule has 2 heterocycles. The number of methoxy groups -OCH3 is 1. The minimum Gasteiger partial charge on any atom is -0.494 e. The molecule has 13 heteroatoms. The minimum absolute atomic E-state index is 0.0268. The van der Waals surface area contributed by atoms with Crippen molar-refractivity contribution in [1.82, 2.24) is 20.6 Å². The first kappa shape index (κ1) is 27.5. The van der Waals surface area contributed by atoms with E-state index in [4.69, 9.17) is 14.9 Å². The van der Waals surface area contributed by atoms with Crippen LogP contribution >= 0.6 is 0 Å². The number of ether oxygens (including phenoxy) is 1. The molecule has 2 amide bonds. The van der Waals surface area contributed by atoms with Gasteiger partial charge in [-0.1, -0.05) is 12.1 Å². The maximum Gasteiger partial charge on any atom is 0.433 e. The minimum atomic E-state index is -4.68. The second-order valence-electron chi connectivity index (χ2n) is 8.50. The van der Waals surface area contributed by atoms with Gasteiger partial charge in [-0.05, 0) is 48.9 Å². The van der Waals surface area contributed by atoms with Gasteiger partial charge in [-0.2, -0.15) is 13.2 Å². The quantitative estimate of drug-likeness (QED) is 0.295. The summed E-state index contributed by atoms with van der Waals surface area (Å²) in [5.74, 6) is -1.96. The van der Waals surface area contributed by atoms with Gasteiger partial charge in [-0.3, -0.25) is 9.59 Å². The summed E-state index contributed by atoms with van der Waals surface area (Å²) in [6.07, 6.45) is -4.68. The number of hydrogen-bond donors (Lipinski definition) is 3. The smallest absolute Gasteiger partial charge is 0.433 e. The summed E-state index contributed by atoms with van der Waals surface area (Å²) >= 11 is 0. The number of nitrogens with zero attached hydrogens (tertiary/aromatic N) is 2. The van der Waals surface area contributed by atoms with Gasteiger partial charge in [0.15, 0.2) is 11.5 Å². The van der Waals surface area contributed by atoms with Crippen molar-refractivity contribution in [3.05, 3.63) is 77.1 Å². The Kier molecular flexibility index (Phi) is 7.54. The molecule has 4 N–H and O–H groups in total. The van der Waals surface area contributed by atoms with Gasteiger partial charge in [0.05, 0.1) is 13.2 Å². The number of nitrogens with two attached hydrogens (primary N) is 1. The summed E-state index contributed by atoms with van der Waals surface area (Å²) in [6, 6.07) is 7.88. The lowest BCUT2D eigenvalue weighted by Gasteiger charge is -2.17. The number of hydrogen-bond acceptors (Lipinski definition) is 7. The van der Waals surface area contributed by atoms with Gasteiger partial charge in [-0.25, -0.2) is 14.4 Å². The van der Waals surface area contributed by atoms with Crippen molar-refractivity contribution in [2.75, 3.05) is 14.2 Å². The van der Waals surface area contributed by atoms with E-state index in [1.165, 1.54) is 44.5 Å². The second-order valence-corrected chi connectivity index (χ2v) is 8.50. The highest BCUT2D eigenvalue weighted by Crippen LogP contribution is 2.37. The van der Waals surface area contributed by atoms with Gasteiger partial charge in [0, 0.05) is 18.0 Å². The van der Waals surface area contributed by atoms with Crippen LogP contribution in [0.2, 0.25) is 0 Å². The highest BCUT2D eigenvalue weighted by atomic mass is 19.4. The Hall–Kier alpha value is -4.52. The van der Waals surface area contributed by atoms with Crippen LogP contribution < -0.4 is 21.1 Å². The van der Waals surface area contributed by atoms with Crippen molar-refractivity contribution in [2.45, 2.75) is 25.2 Å². The molecule has 0 saturated heterocycles. The molecule has 0 aliphatic rings. The van der Waals surface area contributed by atoms with Crippen molar-refractivity contribution < 1.29 is 36.3 Å². The van der Waals surface area contributed by atoms with E-state index in [-0.39, 0.29) is 39.6 Å². The maximum absolute atomic E-state index is 13.4. The van der Waals surface area contributed by atoms with Crippen LogP contribution in [0.5, 0.6) is 5.75 Å². The van der Waals surface area contributed by atoms with E-state index in [1.807, 2.05) is 0 Å². The van der Waals surface area contributed by atoms with Crippen molar-refractivity contribution in [1.29, 1.82) is 0 Å². The number of alkyl halides is 3. The van der Waals surface area contributed by atoms with Crippen molar-refractivity contribution >= 4 is 22.7 Å². The molecule has 204 valence electrons. The number of carbonyl (C=O) groups excluding carboxylic acids is 2. The van der Waals surface area contributed by atoms with E-state index in [1.54, 1.807) is 6.92 Å². The molecule has 0 bridgehead atoms. The lowest BCUT2D eigenvalue weighted by atomic mass is 10.1. The van der Waals surface area contributed by atoms with Crippen LogP contribution in [0.1, 0.15) is 46.5 Å². The Balaban J connectivity index is 1.79. The molecule has 4 rings (SSSR count). The SMILES string of the molecule is CNC(=O)[C@@H](NC(=O)c1nc(-c2ccc(OC)c3nc(C(F)(F)F)ccc23)oc1[C@H](C)N)c1ccc(F)cc1. The van der Waals surface area contributed by atoms with Crippen LogP contribution in [0, 0.1) is 5.82 Å². The molecule has 0 aliphatic carbocycles. The number of carbonyl (C=O) groups is 2. The number of pyridine rings is 1. The Morgan fingerprint density at radius 2 is 1.74 bits per heavy atom. The number of nitrogens with one attached hydrogen (secondary N) is 2. The Bertz CT molecular complexity index is 1530. The number of halogens is 4. The number of amides is 2. The summed E-state index contributed by atoms with van der Waals surface area (Å²) in [7, 11) is 2.67. The van der Waals surface area contributed by atoms with Gasteiger partial charge >= 0.3 is 6.18 Å². The first-order valence-electron chi connectivity index (χ1n) is 11.5. The first-order chi connectivity index (χ1) is 18.4. The average molecular weight is 545 g/mol. The molecular formula is C26H23F4N5O4. The van der Waals surface area contributed by atoms with E-state index in [0.29, 0.717) is 5.56 Å². The van der Waals surface area contributed by atoms with E-state index >= 15 is 0 Å². The first-order valence-corrected chi connectivity index (χ1v) is 11.5. The van der Waals surface area contributed by atoms with Crippen molar-refractivity contribution in [2.24, 2.45) is 5.73 Å². The van der Waals surface area contributed by atoms with E-state index in [0.717, 1.165) is 18.2 Å². The van der Waals surface area contributed by atoms with Crippen LogP contribution in [-0.2, 0) is 11.0 Å². The number of likely N-dealkylation sites (N-methyl/N-ethyl adjacent to an activating group) is 1. The molecular weight excluding hydrogens is 522 g/mol. The average Bonchev–Trinajstić information content (AvgIpc) is 3.36. The number of rotatable bonds is 7. The molecule has 2 aromatic heterocycles. The molecule has 39 heavy (non-hydrogen) atoms. The third-order valence-electron chi connectivity index (χ3n) is 5.83. The van der Waals surface area contributed by atoms with E-state index in [9.17, 15) is 27.2 Å². The lowest BCUT2D eigenvalue weighted by molar-refractivity contribution is -0.141. The lowest BCUT2D eigenvalue weighted by Crippen LogP contribution is -2.39. The van der Waals surface area contributed by atoms with Gasteiger partial charge in [-0.15, -0.1) is 0 Å². The summed E-state index contributed by atoms with van der Waals surface area (Å²) < 4.78 is 64.3. The number of benzene rings is 2. The molecule has 4 aromatic rings. The molecule has 2 aromatic carbocycles. The highest BCUT2D eigenvalue weighted by Gasteiger charge is 2.33. The Morgan fingerprint density at radius 1 is 1.05 bits per heavy atom. The molecule has 0 radical (unpaired) electrons. The third-order valence-corrected chi connectivity index (χ3v) is 5.83. The molecule has 2 atom stereocenters. The summed E-state index contributed by atoms with van der Waals surface area (Å²) in [4.78, 5) is 33.8. The maximum atomic E-state index is 13.4. The Morgan fingerprint density at radius 3 is 2.33 bits per heavy atom. The van der Waals surface area contributed by atoms with Crippen LogP contribution in [0.3, 0.4) is 0 Å². The van der Waals surface area contributed by atoms with Crippen LogP contribution in [0.25, 0.3) is 22.4 Å². The normalized spacial score (nSPS) is 13.1. The predicted octanol–water partition coefficient (Wildman–Crippen LogP) is 4.29. The Labute approximate surface area is 219 Å². The van der Waals surface area contributed by atoms with Gasteiger partial charge < -0.3 is 25.5 Å². The zero-order valence-corrected chi connectivity index (χ0v) is 20.9. The van der Waals surface area contributed by atoms with Crippen molar-refractivity contribution in [3.8, 4) is 17.2 Å². The zero-order chi connectivity index (χ0) is 28.5. The van der Waals surface area contributed by atoms with Gasteiger partial charge in [0.2, 0.25) is 11.8 Å². The molecule has 0 aliphatic heterocycles. The number of oxazole rings is 1. The van der Waals surface area contributed by atoms with Crippen LogP contribution in [0.4, 0.5) is 17.6 Å². The largest absolute Gasteiger partial charge is 0.494 e. The third kappa shape index (κ3) is 5.53. The fourth-order valence-electron chi connectivity index (χ4n) is 3.92. The number of aromatic nitrogens is 2. The zero-order valence-electron chi connectivity index (χ0n) is 20.9. The molecule has 0 fully saturated rings.